The molecule has 0 fully saturated rings. The van der Waals surface area contributed by atoms with E-state index in [1.807, 2.05) is 17.9 Å². The molecule has 0 bridgehead atoms. The molecule has 110 valence electrons. The van der Waals surface area contributed by atoms with Gasteiger partial charge in [-0.2, -0.15) is 0 Å². The van der Waals surface area contributed by atoms with Crippen LogP contribution < -0.4 is 4.90 Å². The smallest absolute Gasteiger partial charge is 0.226 e. The maximum Gasteiger partial charge on any atom is 0.226 e. The van der Waals surface area contributed by atoms with E-state index < -0.39 is 0 Å². The summed E-state index contributed by atoms with van der Waals surface area (Å²) in [6.07, 6.45) is 5.73. The van der Waals surface area contributed by atoms with Gasteiger partial charge in [0.2, 0.25) is 5.91 Å². The van der Waals surface area contributed by atoms with E-state index in [-0.39, 0.29) is 5.91 Å². The van der Waals surface area contributed by atoms with Crippen LogP contribution in [0.15, 0.2) is 54.9 Å². The van der Waals surface area contributed by atoms with Gasteiger partial charge in [0, 0.05) is 42.1 Å². The van der Waals surface area contributed by atoms with Gasteiger partial charge in [0.15, 0.2) is 0 Å². The van der Waals surface area contributed by atoms with Crippen molar-refractivity contribution in [3.8, 4) is 11.1 Å². The highest BCUT2D eigenvalue weighted by Gasteiger charge is 2.23. The molecule has 3 heterocycles. The first-order valence-corrected chi connectivity index (χ1v) is 7.76. The lowest BCUT2D eigenvalue weighted by Crippen LogP contribution is -2.27. The number of carbonyl (C=O) groups excluding carboxylic acids is 1. The number of fused-ring (bicyclic) bond motifs is 2. The molecule has 1 aliphatic heterocycles. The van der Waals surface area contributed by atoms with Gasteiger partial charge in [0.1, 0.15) is 0 Å². The third-order valence-electron chi connectivity index (χ3n) is 4.42. The zero-order valence-electron chi connectivity index (χ0n) is 12.6. The van der Waals surface area contributed by atoms with E-state index in [0.717, 1.165) is 18.7 Å². The summed E-state index contributed by atoms with van der Waals surface area (Å²) in [5, 5.41) is 0. The molecule has 1 aliphatic rings. The van der Waals surface area contributed by atoms with Crippen LogP contribution in [0.5, 0.6) is 0 Å². The molecule has 0 unspecified atom stereocenters. The van der Waals surface area contributed by atoms with Crippen molar-refractivity contribution in [1.82, 2.24) is 4.40 Å². The number of amides is 1. The molecule has 3 aromatic rings. The molecule has 0 aliphatic carbocycles. The topological polar surface area (TPSA) is 24.7 Å². The molecule has 0 saturated carbocycles. The molecule has 0 radical (unpaired) electrons. The largest absolute Gasteiger partial charge is 0.323 e. The first-order chi connectivity index (χ1) is 10.8. The Morgan fingerprint density at radius 3 is 2.86 bits per heavy atom. The Kier molecular flexibility index (Phi) is 3.00. The highest BCUT2D eigenvalue weighted by Crippen LogP contribution is 2.33. The van der Waals surface area contributed by atoms with Gasteiger partial charge in [0.05, 0.1) is 0 Å². The standard InChI is InChI=1S/C19H18N2O/c1-2-19(22)21-10-8-15-11-14(6-7-18(15)21)16-12-17-5-3-4-9-20(17)13-16/h3-7,9,11-13H,2,8,10H2,1H3. The van der Waals surface area contributed by atoms with Crippen molar-refractivity contribution < 1.29 is 4.79 Å². The molecule has 1 aromatic carbocycles. The summed E-state index contributed by atoms with van der Waals surface area (Å²) in [6, 6.07) is 14.8. The average Bonchev–Trinajstić information content (AvgIpc) is 3.17. The van der Waals surface area contributed by atoms with Crippen molar-refractivity contribution in [2.75, 3.05) is 11.4 Å². The van der Waals surface area contributed by atoms with Crippen LogP contribution in [-0.2, 0) is 11.2 Å². The van der Waals surface area contributed by atoms with Crippen molar-refractivity contribution in [3.05, 3.63) is 60.4 Å². The second-order valence-electron chi connectivity index (χ2n) is 5.75. The molecular weight excluding hydrogens is 272 g/mol. The fraction of sp³-hybridized carbons (Fsp3) is 0.211. The number of carbonyl (C=O) groups is 1. The molecule has 3 heteroatoms. The summed E-state index contributed by atoms with van der Waals surface area (Å²) in [6.45, 7) is 2.73. The van der Waals surface area contributed by atoms with E-state index in [9.17, 15) is 4.79 Å². The Morgan fingerprint density at radius 2 is 2.05 bits per heavy atom. The van der Waals surface area contributed by atoms with E-state index >= 15 is 0 Å². The van der Waals surface area contributed by atoms with Crippen LogP contribution in [0.4, 0.5) is 5.69 Å². The first kappa shape index (κ1) is 13.1. The van der Waals surface area contributed by atoms with Crippen LogP contribution in [0.2, 0.25) is 0 Å². The molecule has 0 N–H and O–H groups in total. The van der Waals surface area contributed by atoms with Crippen LogP contribution >= 0.6 is 0 Å². The van der Waals surface area contributed by atoms with E-state index in [1.165, 1.54) is 22.2 Å². The number of rotatable bonds is 2. The maximum atomic E-state index is 12.0. The summed E-state index contributed by atoms with van der Waals surface area (Å²) in [7, 11) is 0. The third-order valence-corrected chi connectivity index (χ3v) is 4.42. The average molecular weight is 290 g/mol. The first-order valence-electron chi connectivity index (χ1n) is 7.76. The third kappa shape index (κ3) is 2.01. The molecule has 3 nitrogen and oxygen atoms in total. The lowest BCUT2D eigenvalue weighted by Gasteiger charge is -2.16. The summed E-state index contributed by atoms with van der Waals surface area (Å²) in [4.78, 5) is 13.9. The highest BCUT2D eigenvalue weighted by molar-refractivity contribution is 5.95. The van der Waals surface area contributed by atoms with Gasteiger partial charge in [-0.15, -0.1) is 0 Å². The minimum atomic E-state index is 0.209. The second kappa shape index (κ2) is 5.02. The fourth-order valence-corrected chi connectivity index (χ4v) is 3.24. The molecule has 1 amide bonds. The lowest BCUT2D eigenvalue weighted by molar-refractivity contribution is -0.118. The van der Waals surface area contributed by atoms with Crippen LogP contribution in [-0.4, -0.2) is 16.9 Å². The van der Waals surface area contributed by atoms with Crippen LogP contribution in [0.3, 0.4) is 0 Å². The highest BCUT2D eigenvalue weighted by atomic mass is 16.2. The normalized spacial score (nSPS) is 13.6. The van der Waals surface area contributed by atoms with Crippen molar-refractivity contribution in [2.24, 2.45) is 0 Å². The van der Waals surface area contributed by atoms with Gasteiger partial charge < -0.3 is 9.30 Å². The van der Waals surface area contributed by atoms with Gasteiger partial charge in [-0.25, -0.2) is 0 Å². The summed E-state index contributed by atoms with van der Waals surface area (Å²) in [5.41, 5.74) is 5.98. The summed E-state index contributed by atoms with van der Waals surface area (Å²) < 4.78 is 2.13. The number of anilines is 1. The van der Waals surface area contributed by atoms with Crippen molar-refractivity contribution in [2.45, 2.75) is 19.8 Å². The van der Waals surface area contributed by atoms with Crippen molar-refractivity contribution in [3.63, 3.8) is 0 Å². The molecular formula is C19H18N2O. The number of aromatic nitrogens is 1. The van der Waals surface area contributed by atoms with E-state index in [0.29, 0.717) is 6.42 Å². The van der Waals surface area contributed by atoms with E-state index in [1.54, 1.807) is 0 Å². The minimum absolute atomic E-state index is 0.209. The molecule has 4 rings (SSSR count). The van der Waals surface area contributed by atoms with Crippen molar-refractivity contribution in [1.29, 1.82) is 0 Å². The van der Waals surface area contributed by atoms with E-state index in [2.05, 4.69) is 53.2 Å². The maximum absolute atomic E-state index is 12.0. The Bertz CT molecular complexity index is 830. The van der Waals surface area contributed by atoms with Crippen LogP contribution in [0.1, 0.15) is 18.9 Å². The van der Waals surface area contributed by atoms with Gasteiger partial charge in [-0.05, 0) is 47.9 Å². The Labute approximate surface area is 129 Å². The summed E-state index contributed by atoms with van der Waals surface area (Å²) in [5.74, 6) is 0.209. The SMILES string of the molecule is CCC(=O)N1CCc2cc(-c3cc4ccccn4c3)ccc21. The van der Waals surface area contributed by atoms with Crippen LogP contribution in [0.25, 0.3) is 16.6 Å². The minimum Gasteiger partial charge on any atom is -0.323 e. The lowest BCUT2D eigenvalue weighted by atomic mass is 10.0. The quantitative estimate of drug-likeness (QED) is 0.702. The number of benzene rings is 1. The van der Waals surface area contributed by atoms with E-state index in [4.69, 9.17) is 0 Å². The fourth-order valence-electron chi connectivity index (χ4n) is 3.24. The van der Waals surface area contributed by atoms with Gasteiger partial charge in [-0.1, -0.05) is 19.1 Å². The van der Waals surface area contributed by atoms with Crippen molar-refractivity contribution >= 4 is 17.1 Å². The molecule has 0 atom stereocenters. The number of nitrogens with zero attached hydrogens (tertiary/aromatic N) is 2. The number of hydrogen-bond donors (Lipinski definition) is 0. The molecule has 2 aromatic heterocycles. The zero-order chi connectivity index (χ0) is 15.1. The van der Waals surface area contributed by atoms with Gasteiger partial charge >= 0.3 is 0 Å². The Balaban J connectivity index is 1.74. The van der Waals surface area contributed by atoms with Gasteiger partial charge in [0.25, 0.3) is 0 Å². The monoisotopic (exact) mass is 290 g/mol. The zero-order valence-corrected chi connectivity index (χ0v) is 12.6. The number of pyridine rings is 1. The predicted molar refractivity (Wildman–Crippen MR) is 89.2 cm³/mol. The van der Waals surface area contributed by atoms with Gasteiger partial charge in [-0.3, -0.25) is 4.79 Å². The Morgan fingerprint density at radius 1 is 1.14 bits per heavy atom. The molecule has 0 saturated heterocycles. The summed E-state index contributed by atoms with van der Waals surface area (Å²) >= 11 is 0. The number of hydrogen-bond acceptors (Lipinski definition) is 1. The molecule has 22 heavy (non-hydrogen) atoms. The second-order valence-corrected chi connectivity index (χ2v) is 5.75. The Hall–Kier alpha value is -2.55. The van der Waals surface area contributed by atoms with Crippen LogP contribution in [0, 0.1) is 0 Å². The molecule has 0 spiro atoms. The predicted octanol–water partition coefficient (Wildman–Crippen LogP) is 3.91.